The van der Waals surface area contributed by atoms with Crippen LogP contribution in [0, 0.1) is 0 Å². The Morgan fingerprint density at radius 1 is 0.913 bits per heavy atom. The normalized spacial score (nSPS) is 10.9. The van der Waals surface area contributed by atoms with E-state index in [0.29, 0.717) is 16.9 Å². The minimum absolute atomic E-state index is 0.205. The molecule has 120 valence electrons. The predicted molar refractivity (Wildman–Crippen MR) is 86.2 cm³/mol. The quantitative estimate of drug-likeness (QED) is 0.747. The van der Waals surface area contributed by atoms with Gasteiger partial charge in [-0.25, -0.2) is 0 Å². The van der Waals surface area contributed by atoms with Gasteiger partial charge in [-0.3, -0.25) is 4.79 Å². The molecule has 0 fully saturated rings. The topological polar surface area (TPSA) is 67.2 Å². The smallest absolute Gasteiger partial charge is 0.366 e. The zero-order valence-electron chi connectivity index (χ0n) is 11.6. The number of carbonyl (C=O) groups excluding carboxylic acids is 1. The first-order chi connectivity index (χ1) is 10.8. The van der Waals surface area contributed by atoms with Crippen molar-refractivity contribution >= 4 is 34.6 Å². The number of hydrogen-bond donors (Lipinski definition) is 3. The molecule has 0 aliphatic carbocycles. The second kappa shape index (κ2) is 6.66. The number of nitrogens with one attached hydrogen (secondary N) is 2. The van der Waals surface area contributed by atoms with Gasteiger partial charge < -0.3 is 16.4 Å². The zero-order valence-corrected chi connectivity index (χ0v) is 12.5. The third-order valence-electron chi connectivity index (χ3n) is 2.90. The van der Waals surface area contributed by atoms with Gasteiger partial charge in [-0.1, -0.05) is 0 Å². The van der Waals surface area contributed by atoms with Crippen LogP contribution in [0.15, 0.2) is 48.5 Å². The first kappa shape index (κ1) is 16.8. The molecule has 0 aliphatic rings. The maximum absolute atomic E-state index is 12.5. The van der Waals surface area contributed by atoms with Crippen molar-refractivity contribution in [2.75, 3.05) is 10.6 Å². The molecule has 0 bridgehead atoms. The lowest BCUT2D eigenvalue weighted by atomic mass is 10.2. The standard InChI is InChI=1S/C15H12F3N3OS/c16-15(17,18)10-3-7-12(8-4-10)21-14(23)20-11-5-1-9(2-6-11)13(19)22/h1-8H,(H2,19,22)(H2,20,21,23). The van der Waals surface area contributed by atoms with Crippen molar-refractivity contribution in [3.05, 3.63) is 59.7 Å². The van der Waals surface area contributed by atoms with Gasteiger partial charge in [0.25, 0.3) is 0 Å². The summed E-state index contributed by atoms with van der Waals surface area (Å²) in [6.07, 6.45) is -4.38. The van der Waals surface area contributed by atoms with Crippen LogP contribution in [-0.4, -0.2) is 11.0 Å². The summed E-state index contributed by atoms with van der Waals surface area (Å²) in [5.74, 6) is -0.540. The number of halogens is 3. The Labute approximate surface area is 135 Å². The van der Waals surface area contributed by atoms with E-state index in [1.165, 1.54) is 24.3 Å². The fraction of sp³-hybridized carbons (Fsp3) is 0.0667. The van der Waals surface area contributed by atoms with Gasteiger partial charge in [-0.2, -0.15) is 13.2 Å². The molecule has 0 heterocycles. The number of carbonyl (C=O) groups is 1. The van der Waals surface area contributed by atoms with Crippen molar-refractivity contribution in [3.63, 3.8) is 0 Å². The summed E-state index contributed by atoms with van der Waals surface area (Å²) in [5.41, 5.74) is 5.79. The lowest BCUT2D eigenvalue weighted by Crippen LogP contribution is -2.19. The molecule has 1 amide bonds. The van der Waals surface area contributed by atoms with Crippen LogP contribution in [0.2, 0.25) is 0 Å². The Morgan fingerprint density at radius 3 is 1.74 bits per heavy atom. The largest absolute Gasteiger partial charge is 0.416 e. The Hall–Kier alpha value is -2.61. The number of alkyl halides is 3. The summed E-state index contributed by atoms with van der Waals surface area (Å²) >= 11 is 5.07. The maximum atomic E-state index is 12.5. The maximum Gasteiger partial charge on any atom is 0.416 e. The van der Waals surface area contributed by atoms with Gasteiger partial charge >= 0.3 is 6.18 Å². The van der Waals surface area contributed by atoms with Gasteiger partial charge in [-0.15, -0.1) is 0 Å². The van der Waals surface area contributed by atoms with Gasteiger partial charge in [-0.05, 0) is 60.7 Å². The molecule has 4 N–H and O–H groups in total. The molecule has 4 nitrogen and oxygen atoms in total. The van der Waals surface area contributed by atoms with E-state index in [0.717, 1.165) is 12.1 Å². The molecule has 0 saturated carbocycles. The molecule has 23 heavy (non-hydrogen) atoms. The van der Waals surface area contributed by atoms with E-state index in [1.54, 1.807) is 12.1 Å². The van der Waals surface area contributed by atoms with Gasteiger partial charge in [0, 0.05) is 16.9 Å². The number of rotatable bonds is 3. The van der Waals surface area contributed by atoms with E-state index < -0.39 is 17.6 Å². The first-order valence-corrected chi connectivity index (χ1v) is 6.81. The van der Waals surface area contributed by atoms with Crippen molar-refractivity contribution in [1.29, 1.82) is 0 Å². The molecule has 0 aromatic heterocycles. The third kappa shape index (κ3) is 4.68. The van der Waals surface area contributed by atoms with Crippen LogP contribution in [-0.2, 0) is 6.18 Å². The van der Waals surface area contributed by atoms with Crippen molar-refractivity contribution < 1.29 is 18.0 Å². The van der Waals surface area contributed by atoms with Crippen LogP contribution in [0.1, 0.15) is 15.9 Å². The Kier molecular flexibility index (Phi) is 4.85. The van der Waals surface area contributed by atoms with Crippen LogP contribution in [0.4, 0.5) is 24.5 Å². The molecular formula is C15H12F3N3OS. The van der Waals surface area contributed by atoms with Crippen LogP contribution in [0.5, 0.6) is 0 Å². The number of nitrogens with two attached hydrogens (primary N) is 1. The van der Waals surface area contributed by atoms with Crippen LogP contribution in [0.3, 0.4) is 0 Å². The van der Waals surface area contributed by atoms with Crippen molar-refractivity contribution in [2.45, 2.75) is 6.18 Å². The van der Waals surface area contributed by atoms with Crippen molar-refractivity contribution in [3.8, 4) is 0 Å². The predicted octanol–water partition coefficient (Wildman–Crippen LogP) is 3.61. The average Bonchev–Trinajstić information content (AvgIpc) is 2.47. The van der Waals surface area contributed by atoms with Crippen LogP contribution in [0.25, 0.3) is 0 Å². The fourth-order valence-corrected chi connectivity index (χ4v) is 1.99. The van der Waals surface area contributed by atoms with E-state index in [1.807, 2.05) is 0 Å². The lowest BCUT2D eigenvalue weighted by molar-refractivity contribution is -0.137. The van der Waals surface area contributed by atoms with Crippen molar-refractivity contribution in [1.82, 2.24) is 0 Å². The van der Waals surface area contributed by atoms with E-state index in [-0.39, 0.29) is 5.11 Å². The second-order valence-corrected chi connectivity index (χ2v) is 5.00. The van der Waals surface area contributed by atoms with Gasteiger partial charge in [0.1, 0.15) is 0 Å². The van der Waals surface area contributed by atoms with E-state index in [4.69, 9.17) is 18.0 Å². The number of hydrogen-bond acceptors (Lipinski definition) is 2. The summed E-state index contributed by atoms with van der Waals surface area (Å²) in [5, 5.41) is 5.82. The van der Waals surface area contributed by atoms with Gasteiger partial charge in [0.2, 0.25) is 5.91 Å². The highest BCUT2D eigenvalue weighted by atomic mass is 32.1. The summed E-state index contributed by atoms with van der Waals surface area (Å²) in [6, 6.07) is 10.8. The highest BCUT2D eigenvalue weighted by Gasteiger charge is 2.29. The SMILES string of the molecule is NC(=O)c1ccc(NC(=S)Nc2ccc(C(F)(F)F)cc2)cc1. The molecule has 0 radical (unpaired) electrons. The molecule has 0 aliphatic heterocycles. The fourth-order valence-electron chi connectivity index (χ4n) is 1.75. The molecule has 0 spiro atoms. The highest BCUT2D eigenvalue weighted by Crippen LogP contribution is 2.29. The van der Waals surface area contributed by atoms with Gasteiger partial charge in [0.05, 0.1) is 5.56 Å². The second-order valence-electron chi connectivity index (χ2n) is 4.60. The van der Waals surface area contributed by atoms with E-state index in [9.17, 15) is 18.0 Å². The molecule has 0 atom stereocenters. The summed E-state index contributed by atoms with van der Waals surface area (Å²) < 4.78 is 37.4. The number of benzene rings is 2. The molecular weight excluding hydrogens is 327 g/mol. The van der Waals surface area contributed by atoms with Crippen LogP contribution < -0.4 is 16.4 Å². The molecule has 2 aromatic rings. The molecule has 2 rings (SSSR count). The number of thiocarbonyl (C=S) groups is 1. The number of amides is 1. The zero-order chi connectivity index (χ0) is 17.0. The van der Waals surface area contributed by atoms with E-state index >= 15 is 0 Å². The monoisotopic (exact) mass is 339 g/mol. The number of primary amides is 1. The molecule has 8 heteroatoms. The number of anilines is 2. The van der Waals surface area contributed by atoms with Crippen molar-refractivity contribution in [2.24, 2.45) is 5.73 Å². The third-order valence-corrected chi connectivity index (χ3v) is 3.10. The summed E-state index contributed by atoms with van der Waals surface area (Å²) in [4.78, 5) is 11.0. The Balaban J connectivity index is 1.98. The van der Waals surface area contributed by atoms with Gasteiger partial charge in [0.15, 0.2) is 5.11 Å². The lowest BCUT2D eigenvalue weighted by Gasteiger charge is -2.12. The molecule has 0 saturated heterocycles. The molecule has 0 unspecified atom stereocenters. The average molecular weight is 339 g/mol. The highest BCUT2D eigenvalue weighted by molar-refractivity contribution is 7.80. The van der Waals surface area contributed by atoms with E-state index in [2.05, 4.69) is 10.6 Å². The first-order valence-electron chi connectivity index (χ1n) is 6.41. The summed E-state index contributed by atoms with van der Waals surface area (Å²) in [7, 11) is 0. The van der Waals surface area contributed by atoms with Crippen LogP contribution >= 0.6 is 12.2 Å². The minimum atomic E-state index is -4.38. The summed E-state index contributed by atoms with van der Waals surface area (Å²) in [6.45, 7) is 0. The minimum Gasteiger partial charge on any atom is -0.366 e. The Bertz CT molecular complexity index is 712. The molecule has 2 aromatic carbocycles. The Morgan fingerprint density at radius 2 is 1.35 bits per heavy atom.